The Bertz CT molecular complexity index is 1700. The van der Waals surface area contributed by atoms with E-state index in [2.05, 4.69) is 25.5 Å². The van der Waals surface area contributed by atoms with Gasteiger partial charge in [0.05, 0.1) is 13.1 Å². The number of nitrogens with one attached hydrogen (secondary N) is 1. The zero-order valence-corrected chi connectivity index (χ0v) is 25.0. The summed E-state index contributed by atoms with van der Waals surface area (Å²) >= 11 is 3.53. The Kier molecular flexibility index (Phi) is 8.42. The normalized spacial score (nSPS) is 19.2. The van der Waals surface area contributed by atoms with Gasteiger partial charge in [0.1, 0.15) is 28.6 Å². The molecule has 1 fully saturated rings. The topological polar surface area (TPSA) is 245 Å². The van der Waals surface area contributed by atoms with Crippen LogP contribution in [0.2, 0.25) is 0 Å². The molecule has 5 heterocycles. The van der Waals surface area contributed by atoms with E-state index in [4.69, 9.17) is 16.3 Å². The number of oxime groups is 1. The number of fused-ring (bicyclic) bond motifs is 2. The fraction of sp³-hybridized carbons (Fsp3) is 0.348. The van der Waals surface area contributed by atoms with E-state index >= 15 is 0 Å². The second-order valence-electron chi connectivity index (χ2n) is 9.23. The summed E-state index contributed by atoms with van der Waals surface area (Å²) in [6.45, 7) is 1.57. The fourth-order valence-electron chi connectivity index (χ4n) is 4.29. The van der Waals surface area contributed by atoms with Gasteiger partial charge < -0.3 is 31.8 Å². The first-order valence-electron chi connectivity index (χ1n) is 12.5. The number of nitrogens with two attached hydrogens (primary N) is 2. The molecule has 0 aromatic carbocycles. The molecular formula is C23H25N10O7S3+. The Morgan fingerprint density at radius 2 is 2.09 bits per heavy atom. The number of β-lactam (4-membered cyclic amide) rings is 1. The highest BCUT2D eigenvalue weighted by Crippen LogP contribution is 2.41. The van der Waals surface area contributed by atoms with Gasteiger partial charge in [0.25, 0.3) is 28.9 Å². The molecule has 5 rings (SSSR count). The van der Waals surface area contributed by atoms with Gasteiger partial charge in [-0.3, -0.25) is 14.5 Å². The van der Waals surface area contributed by atoms with Gasteiger partial charge in [-0.15, -0.1) is 23.1 Å². The third-order valence-corrected chi connectivity index (χ3v) is 9.44. The molecule has 3 aromatic rings. The summed E-state index contributed by atoms with van der Waals surface area (Å²) in [5, 5.41) is 31.2. The molecule has 226 valence electrons. The molecule has 0 bridgehead atoms. The van der Waals surface area contributed by atoms with Crippen molar-refractivity contribution >= 4 is 80.9 Å². The second kappa shape index (κ2) is 12.1. The second-order valence-corrected chi connectivity index (χ2v) is 12.2. The Balaban J connectivity index is 1.34. The molecule has 43 heavy (non-hydrogen) atoms. The minimum absolute atomic E-state index is 0.0284. The van der Waals surface area contributed by atoms with Crippen LogP contribution in [0.25, 0.3) is 5.65 Å². The Morgan fingerprint density at radius 3 is 2.74 bits per heavy atom. The van der Waals surface area contributed by atoms with Crippen LogP contribution in [0.15, 0.2) is 39.4 Å². The maximum Gasteiger partial charge on any atom is 0.352 e. The molecule has 2 aliphatic rings. The lowest BCUT2D eigenvalue weighted by molar-refractivity contribution is -0.646. The number of aromatic nitrogens is 5. The number of rotatable bonds is 11. The molecule has 0 spiro atoms. The van der Waals surface area contributed by atoms with Crippen molar-refractivity contribution in [2.45, 2.75) is 36.0 Å². The summed E-state index contributed by atoms with van der Waals surface area (Å²) in [6, 6.07) is 0.579. The molecule has 2 amide bonds. The first-order valence-corrected chi connectivity index (χ1v) is 15.4. The van der Waals surface area contributed by atoms with Crippen LogP contribution >= 0.6 is 34.9 Å². The van der Waals surface area contributed by atoms with E-state index < -0.39 is 41.3 Å². The highest BCUT2D eigenvalue weighted by Gasteiger charge is 2.54. The molecule has 17 nitrogen and oxygen atoms in total. The molecular weight excluding hydrogens is 625 g/mol. The van der Waals surface area contributed by atoms with Crippen molar-refractivity contribution in [2.24, 2.45) is 12.2 Å². The molecule has 0 saturated carbocycles. The quantitative estimate of drug-likeness (QED) is 0.0430. The lowest BCUT2D eigenvalue weighted by atomic mass is 10.0. The van der Waals surface area contributed by atoms with E-state index in [1.807, 2.05) is 0 Å². The largest absolute Gasteiger partial charge is 0.478 e. The first-order chi connectivity index (χ1) is 20.5. The van der Waals surface area contributed by atoms with Gasteiger partial charge in [-0.2, -0.15) is 4.98 Å². The van der Waals surface area contributed by atoms with Crippen LogP contribution in [0.4, 0.5) is 10.9 Å². The minimum atomic E-state index is -1.32. The molecule has 0 aliphatic carbocycles. The van der Waals surface area contributed by atoms with E-state index in [1.54, 1.807) is 35.4 Å². The van der Waals surface area contributed by atoms with Crippen LogP contribution < -0.4 is 21.4 Å². The number of amides is 2. The molecule has 7 N–H and O–H groups in total. The lowest BCUT2D eigenvalue weighted by Gasteiger charge is -2.49. The number of anilines is 2. The van der Waals surface area contributed by atoms with Gasteiger partial charge in [-0.05, 0) is 16.5 Å². The summed E-state index contributed by atoms with van der Waals surface area (Å²) in [5.41, 5.74) is 12.3. The Labute approximate surface area is 255 Å². The van der Waals surface area contributed by atoms with Crippen molar-refractivity contribution in [2.75, 3.05) is 23.0 Å². The summed E-state index contributed by atoms with van der Waals surface area (Å²) in [6.07, 6.45) is 0.352. The van der Waals surface area contributed by atoms with Crippen LogP contribution in [0.5, 0.6) is 0 Å². The van der Waals surface area contributed by atoms with E-state index in [0.29, 0.717) is 16.4 Å². The summed E-state index contributed by atoms with van der Waals surface area (Å²) in [5.74, 6) is -3.34. The third kappa shape index (κ3) is 5.79. The highest BCUT2D eigenvalue weighted by molar-refractivity contribution is 8.01. The number of thioether (sulfide) groups is 2. The van der Waals surface area contributed by atoms with Gasteiger partial charge >= 0.3 is 11.9 Å². The molecule has 1 saturated heterocycles. The standard InChI is InChI=1S/C23H24N10O7S3/c1-3-11(20(36)37)40-30-14(10-7-42-22(25)27-10)17(34)29-15-18(35)32-16(21(38)39)9(5-41-19(15)32)6-43-23-28-12(24)4-13-31(2)8-26-33(13)23/h4,7-8,11,15,19,24H,3,5-6H2,1-2H3,(H5,25,27,29,34,36,37,38,39)/p+1/b30-14-/t11-,15?,19-/m1/s1. The van der Waals surface area contributed by atoms with Crippen molar-refractivity contribution in [1.29, 1.82) is 0 Å². The smallest absolute Gasteiger partial charge is 0.352 e. The number of aliphatic carboxylic acids is 2. The monoisotopic (exact) mass is 649 g/mol. The number of carboxylic acids is 2. The Hall–Kier alpha value is -4.43. The van der Waals surface area contributed by atoms with Crippen molar-refractivity contribution in [3.63, 3.8) is 0 Å². The Morgan fingerprint density at radius 1 is 1.33 bits per heavy atom. The number of nitrogens with zero attached hydrogens (tertiary/aromatic N) is 7. The van der Waals surface area contributed by atoms with E-state index in [0.717, 1.165) is 16.2 Å². The van der Waals surface area contributed by atoms with Crippen molar-refractivity contribution in [3.8, 4) is 0 Å². The number of thiazole rings is 1. The number of aryl methyl sites for hydroxylation is 1. The molecule has 0 radical (unpaired) electrons. The van der Waals surface area contributed by atoms with E-state index in [-0.39, 0.29) is 46.0 Å². The van der Waals surface area contributed by atoms with Crippen LogP contribution in [-0.2, 0) is 31.1 Å². The zero-order valence-electron chi connectivity index (χ0n) is 22.5. The van der Waals surface area contributed by atoms with Gasteiger partial charge in [0.2, 0.25) is 6.10 Å². The maximum atomic E-state index is 13.2. The average Bonchev–Trinajstić information content (AvgIpc) is 3.56. The number of hydrogen-bond donors (Lipinski definition) is 5. The number of hydrogen-bond acceptors (Lipinski definition) is 14. The van der Waals surface area contributed by atoms with Crippen LogP contribution in [0, 0.1) is 0 Å². The van der Waals surface area contributed by atoms with Crippen molar-refractivity contribution in [1.82, 2.24) is 29.8 Å². The highest BCUT2D eigenvalue weighted by atomic mass is 32.2. The van der Waals surface area contributed by atoms with E-state index in [9.17, 15) is 29.4 Å². The van der Waals surface area contributed by atoms with Gasteiger partial charge in [-0.1, -0.05) is 23.8 Å². The average molecular weight is 650 g/mol. The molecule has 3 atom stereocenters. The number of carbonyl (C=O) groups excluding carboxylic acids is 2. The zero-order chi connectivity index (χ0) is 31.0. The number of carbonyl (C=O) groups is 4. The summed E-state index contributed by atoms with van der Waals surface area (Å²) in [7, 11) is 1.80. The first kappa shape index (κ1) is 30.0. The number of nitrogen functional groups attached to an aromatic ring is 2. The minimum Gasteiger partial charge on any atom is -0.478 e. The van der Waals surface area contributed by atoms with Gasteiger partial charge in [0.15, 0.2) is 10.8 Å². The third-order valence-electron chi connectivity index (χ3n) is 6.41. The van der Waals surface area contributed by atoms with Gasteiger partial charge in [-0.25, -0.2) is 19.1 Å². The van der Waals surface area contributed by atoms with Gasteiger partial charge in [0, 0.05) is 22.0 Å². The number of carboxylic acid groups (broad SMARTS) is 2. The molecule has 1 unspecified atom stereocenters. The predicted molar refractivity (Wildman–Crippen MR) is 155 cm³/mol. The van der Waals surface area contributed by atoms with Crippen LogP contribution in [0.1, 0.15) is 19.0 Å². The van der Waals surface area contributed by atoms with Crippen molar-refractivity contribution < 1.29 is 38.8 Å². The SMILES string of the molecule is CC[C@@H](O/N=C(\C(=O)NC1C(=O)N2C(C(=O)O)=C(CSc3nc(N)cc4n3nc[n+]4C)CS[C@H]12)c1csc(N)n1)C(=O)O. The maximum absolute atomic E-state index is 13.2. The molecule has 3 aromatic heterocycles. The fourth-order valence-corrected chi connectivity index (χ4v) is 7.29. The van der Waals surface area contributed by atoms with Crippen LogP contribution in [-0.4, -0.2) is 93.2 Å². The summed E-state index contributed by atoms with van der Waals surface area (Å²) < 4.78 is 3.34. The van der Waals surface area contributed by atoms with Crippen LogP contribution in [0.3, 0.4) is 0 Å². The molecule has 20 heteroatoms. The predicted octanol–water partition coefficient (Wildman–Crippen LogP) is -0.710. The summed E-state index contributed by atoms with van der Waals surface area (Å²) in [4.78, 5) is 64.7. The van der Waals surface area contributed by atoms with E-state index in [1.165, 1.54) is 28.9 Å². The van der Waals surface area contributed by atoms with Crippen molar-refractivity contribution in [3.05, 3.63) is 34.7 Å². The molecule has 2 aliphatic heterocycles. The lowest BCUT2D eigenvalue weighted by Crippen LogP contribution is -2.71.